The number of hydrogen-bond acceptors (Lipinski definition) is 1. The number of halogens is 1. The van der Waals surface area contributed by atoms with Gasteiger partial charge in [0.05, 0.1) is 0 Å². The van der Waals surface area contributed by atoms with Gasteiger partial charge < -0.3 is 0 Å². The third-order valence-electron chi connectivity index (χ3n) is 1.71. The summed E-state index contributed by atoms with van der Waals surface area (Å²) in [5.41, 5.74) is 2.52. The average Bonchev–Trinajstić information content (AvgIpc) is 2.08. The summed E-state index contributed by atoms with van der Waals surface area (Å²) >= 11 is 7.60. The molecule has 0 radical (unpaired) electrons. The molecule has 0 fully saturated rings. The molecule has 0 aliphatic rings. The maximum atomic E-state index is 4.11. The van der Waals surface area contributed by atoms with E-state index in [-0.39, 0.29) is 0 Å². The topological polar surface area (TPSA) is 0 Å². The van der Waals surface area contributed by atoms with Crippen molar-refractivity contribution in [1.29, 1.82) is 0 Å². The summed E-state index contributed by atoms with van der Waals surface area (Å²) in [5.74, 6) is 0.784. The van der Waals surface area contributed by atoms with Gasteiger partial charge in [-0.05, 0) is 24.1 Å². The predicted molar refractivity (Wildman–Crippen MR) is 61.8 cm³/mol. The van der Waals surface area contributed by atoms with Crippen LogP contribution in [0.1, 0.15) is 11.1 Å². The van der Waals surface area contributed by atoms with Gasteiger partial charge in [0.15, 0.2) is 0 Å². The molecular formula is C10H11BrS. The molecule has 0 spiro atoms. The van der Waals surface area contributed by atoms with Crippen molar-refractivity contribution in [2.45, 2.75) is 6.92 Å². The fourth-order valence-electron chi connectivity index (χ4n) is 0.984. The van der Waals surface area contributed by atoms with Gasteiger partial charge in [0.25, 0.3) is 0 Å². The average molecular weight is 243 g/mol. The van der Waals surface area contributed by atoms with Crippen LogP contribution in [-0.4, -0.2) is 5.75 Å². The molecule has 0 saturated carbocycles. The maximum absolute atomic E-state index is 4.11. The van der Waals surface area contributed by atoms with Gasteiger partial charge in [0, 0.05) is 10.2 Å². The smallest absolute Gasteiger partial charge is 0.0210 e. The van der Waals surface area contributed by atoms with Crippen LogP contribution in [0.15, 0.2) is 28.7 Å². The monoisotopic (exact) mass is 242 g/mol. The Labute approximate surface area is 87.2 Å². The van der Waals surface area contributed by atoms with Crippen molar-refractivity contribution in [3.8, 4) is 0 Å². The van der Waals surface area contributed by atoms with Crippen LogP contribution in [-0.2, 0) is 0 Å². The van der Waals surface area contributed by atoms with E-state index in [1.54, 1.807) is 0 Å². The van der Waals surface area contributed by atoms with Crippen LogP contribution in [0.25, 0.3) is 6.08 Å². The van der Waals surface area contributed by atoms with Crippen molar-refractivity contribution >= 4 is 34.6 Å². The van der Waals surface area contributed by atoms with Gasteiger partial charge in [-0.15, -0.1) is 0 Å². The lowest BCUT2D eigenvalue weighted by atomic mass is 10.1. The summed E-state index contributed by atoms with van der Waals surface area (Å²) in [5, 5.41) is 0. The summed E-state index contributed by atoms with van der Waals surface area (Å²) in [6.07, 6.45) is 4.13. The summed E-state index contributed by atoms with van der Waals surface area (Å²) in [4.78, 5) is 0. The third kappa shape index (κ3) is 2.39. The molecule has 0 aromatic heterocycles. The quantitative estimate of drug-likeness (QED) is 0.752. The summed E-state index contributed by atoms with van der Waals surface area (Å²) in [6.45, 7) is 2.10. The number of benzene rings is 1. The highest BCUT2D eigenvalue weighted by molar-refractivity contribution is 9.10. The first-order valence-electron chi connectivity index (χ1n) is 3.78. The number of rotatable bonds is 2. The predicted octanol–water partition coefficient (Wildman–Crippen LogP) is 3.70. The van der Waals surface area contributed by atoms with E-state index in [2.05, 4.69) is 47.6 Å². The van der Waals surface area contributed by atoms with Gasteiger partial charge in [-0.2, -0.15) is 12.6 Å². The van der Waals surface area contributed by atoms with E-state index >= 15 is 0 Å². The minimum absolute atomic E-state index is 0.784. The second-order valence-electron chi connectivity index (χ2n) is 2.54. The largest absolute Gasteiger partial charge is 0.175 e. The zero-order chi connectivity index (χ0) is 8.97. The lowest BCUT2D eigenvalue weighted by Gasteiger charge is -2.01. The van der Waals surface area contributed by atoms with Crippen molar-refractivity contribution in [1.82, 2.24) is 0 Å². The van der Waals surface area contributed by atoms with Crippen molar-refractivity contribution in [3.63, 3.8) is 0 Å². The first-order chi connectivity index (χ1) is 5.75. The highest BCUT2D eigenvalue weighted by atomic mass is 79.9. The highest BCUT2D eigenvalue weighted by Crippen LogP contribution is 2.20. The molecule has 2 heteroatoms. The summed E-state index contributed by atoms with van der Waals surface area (Å²) in [7, 11) is 0. The van der Waals surface area contributed by atoms with Crippen molar-refractivity contribution in [2.75, 3.05) is 5.75 Å². The summed E-state index contributed by atoms with van der Waals surface area (Å²) in [6, 6.07) is 6.18. The van der Waals surface area contributed by atoms with E-state index in [1.807, 2.05) is 18.2 Å². The fraction of sp³-hybridized carbons (Fsp3) is 0.200. The van der Waals surface area contributed by atoms with Gasteiger partial charge in [-0.3, -0.25) is 0 Å². The van der Waals surface area contributed by atoms with Gasteiger partial charge in [0.2, 0.25) is 0 Å². The SMILES string of the molecule is Cc1c(Br)cccc1C=CCS. The molecule has 1 aromatic rings. The molecular weight excluding hydrogens is 232 g/mol. The van der Waals surface area contributed by atoms with E-state index in [0.29, 0.717) is 0 Å². The molecule has 0 aliphatic heterocycles. The Morgan fingerprint density at radius 1 is 1.50 bits per heavy atom. The normalized spacial score (nSPS) is 10.9. The van der Waals surface area contributed by atoms with Crippen molar-refractivity contribution < 1.29 is 0 Å². The molecule has 1 rings (SSSR count). The second-order valence-corrected chi connectivity index (χ2v) is 3.76. The Kier molecular flexibility index (Phi) is 3.89. The fourth-order valence-corrected chi connectivity index (χ4v) is 1.47. The first kappa shape index (κ1) is 9.87. The molecule has 0 amide bonds. The Hall–Kier alpha value is -0.210. The van der Waals surface area contributed by atoms with Gasteiger partial charge >= 0.3 is 0 Å². The molecule has 0 saturated heterocycles. The van der Waals surface area contributed by atoms with E-state index < -0.39 is 0 Å². The molecule has 0 aliphatic carbocycles. The van der Waals surface area contributed by atoms with Crippen molar-refractivity contribution in [2.24, 2.45) is 0 Å². The van der Waals surface area contributed by atoms with Crippen LogP contribution >= 0.6 is 28.6 Å². The second kappa shape index (κ2) is 4.73. The molecule has 1 aromatic carbocycles. The molecule has 0 nitrogen and oxygen atoms in total. The van der Waals surface area contributed by atoms with Crippen LogP contribution in [0, 0.1) is 6.92 Å². The van der Waals surface area contributed by atoms with E-state index in [1.165, 1.54) is 11.1 Å². The van der Waals surface area contributed by atoms with Gasteiger partial charge in [-0.25, -0.2) is 0 Å². The van der Waals surface area contributed by atoms with Crippen LogP contribution in [0.4, 0.5) is 0 Å². The van der Waals surface area contributed by atoms with E-state index in [9.17, 15) is 0 Å². The Bertz CT molecular complexity index is 292. The lowest BCUT2D eigenvalue weighted by molar-refractivity contribution is 1.40. The Morgan fingerprint density at radius 3 is 2.92 bits per heavy atom. The van der Waals surface area contributed by atoms with Gasteiger partial charge in [-0.1, -0.05) is 40.2 Å². The standard InChI is InChI=1S/C10H11BrS/c1-8-9(5-3-7-12)4-2-6-10(8)11/h2-6,12H,7H2,1H3. The van der Waals surface area contributed by atoms with Crippen LogP contribution in [0.5, 0.6) is 0 Å². The Balaban J connectivity index is 3.00. The van der Waals surface area contributed by atoms with Crippen molar-refractivity contribution in [3.05, 3.63) is 39.9 Å². The molecule has 0 bridgehead atoms. The zero-order valence-corrected chi connectivity index (χ0v) is 9.40. The molecule has 0 unspecified atom stereocenters. The molecule has 0 atom stereocenters. The van der Waals surface area contributed by atoms with E-state index in [4.69, 9.17) is 0 Å². The molecule has 64 valence electrons. The first-order valence-corrected chi connectivity index (χ1v) is 5.20. The van der Waals surface area contributed by atoms with Gasteiger partial charge in [0.1, 0.15) is 0 Å². The minimum Gasteiger partial charge on any atom is -0.175 e. The maximum Gasteiger partial charge on any atom is 0.0210 e. The summed E-state index contributed by atoms with van der Waals surface area (Å²) < 4.78 is 1.16. The molecule has 12 heavy (non-hydrogen) atoms. The highest BCUT2D eigenvalue weighted by Gasteiger charge is 1.96. The lowest BCUT2D eigenvalue weighted by Crippen LogP contribution is -1.81. The zero-order valence-electron chi connectivity index (χ0n) is 6.92. The Morgan fingerprint density at radius 2 is 2.25 bits per heavy atom. The van der Waals surface area contributed by atoms with Crippen LogP contribution in [0.2, 0.25) is 0 Å². The molecule has 0 heterocycles. The molecule has 0 N–H and O–H groups in total. The third-order valence-corrected chi connectivity index (χ3v) is 2.78. The minimum atomic E-state index is 0.784. The van der Waals surface area contributed by atoms with Crippen LogP contribution in [0.3, 0.4) is 0 Å². The number of hydrogen-bond donors (Lipinski definition) is 1. The number of thiol groups is 1. The van der Waals surface area contributed by atoms with Crippen LogP contribution < -0.4 is 0 Å². The van der Waals surface area contributed by atoms with E-state index in [0.717, 1.165) is 10.2 Å².